The Morgan fingerprint density at radius 3 is 2.25 bits per heavy atom. The SMILES string of the molecule is CN(C)C(=O)CN(C)C(=O)CCc1ccc(Cl)c(Cl)c1. The first-order valence-corrected chi connectivity index (χ1v) is 6.95. The van der Waals surface area contributed by atoms with E-state index in [1.807, 2.05) is 6.07 Å². The summed E-state index contributed by atoms with van der Waals surface area (Å²) >= 11 is 11.7. The van der Waals surface area contributed by atoms with Crippen LogP contribution in [0.4, 0.5) is 0 Å². The van der Waals surface area contributed by atoms with Crippen LogP contribution in [-0.4, -0.2) is 49.3 Å². The summed E-state index contributed by atoms with van der Waals surface area (Å²) in [6, 6.07) is 5.30. The van der Waals surface area contributed by atoms with Gasteiger partial charge >= 0.3 is 0 Å². The maximum Gasteiger partial charge on any atom is 0.241 e. The largest absolute Gasteiger partial charge is 0.347 e. The first kappa shape index (κ1) is 16.8. The molecule has 0 saturated heterocycles. The zero-order valence-electron chi connectivity index (χ0n) is 11.8. The molecule has 6 heteroatoms. The Morgan fingerprint density at radius 1 is 1.05 bits per heavy atom. The average molecular weight is 317 g/mol. The van der Waals surface area contributed by atoms with Gasteiger partial charge in [0.15, 0.2) is 0 Å². The normalized spacial score (nSPS) is 10.2. The van der Waals surface area contributed by atoms with Crippen molar-refractivity contribution in [1.82, 2.24) is 9.80 Å². The topological polar surface area (TPSA) is 40.6 Å². The minimum atomic E-state index is -0.101. The first-order valence-electron chi connectivity index (χ1n) is 6.19. The van der Waals surface area contributed by atoms with E-state index in [2.05, 4.69) is 0 Å². The van der Waals surface area contributed by atoms with Crippen molar-refractivity contribution >= 4 is 35.0 Å². The minimum absolute atomic E-state index is 0.0775. The van der Waals surface area contributed by atoms with Crippen LogP contribution in [0, 0.1) is 0 Å². The van der Waals surface area contributed by atoms with Gasteiger partial charge in [0.05, 0.1) is 16.6 Å². The number of benzene rings is 1. The molecule has 2 amide bonds. The Kier molecular flexibility index (Phi) is 6.30. The van der Waals surface area contributed by atoms with Gasteiger partial charge in [0.1, 0.15) is 0 Å². The van der Waals surface area contributed by atoms with E-state index in [0.29, 0.717) is 22.9 Å². The predicted molar refractivity (Wildman–Crippen MR) is 81.1 cm³/mol. The van der Waals surface area contributed by atoms with Gasteiger partial charge in [-0.2, -0.15) is 0 Å². The zero-order chi connectivity index (χ0) is 15.3. The highest BCUT2D eigenvalue weighted by Crippen LogP contribution is 2.23. The molecule has 0 unspecified atom stereocenters. The van der Waals surface area contributed by atoms with Gasteiger partial charge in [-0.3, -0.25) is 9.59 Å². The maximum atomic E-state index is 11.9. The third kappa shape index (κ3) is 5.02. The van der Waals surface area contributed by atoms with Crippen molar-refractivity contribution in [2.24, 2.45) is 0 Å². The third-order valence-corrected chi connectivity index (χ3v) is 3.65. The lowest BCUT2D eigenvalue weighted by molar-refractivity contribution is -0.137. The summed E-state index contributed by atoms with van der Waals surface area (Å²) in [5, 5.41) is 0.975. The Balaban J connectivity index is 2.50. The van der Waals surface area contributed by atoms with Gasteiger partial charge in [-0.25, -0.2) is 0 Å². The van der Waals surface area contributed by atoms with E-state index in [0.717, 1.165) is 5.56 Å². The molecular weight excluding hydrogens is 299 g/mol. The Bertz CT molecular complexity index is 504. The first-order chi connectivity index (χ1) is 9.31. The van der Waals surface area contributed by atoms with Gasteiger partial charge < -0.3 is 9.80 Å². The average Bonchev–Trinajstić information content (AvgIpc) is 2.39. The molecule has 0 heterocycles. The quantitative estimate of drug-likeness (QED) is 0.837. The second-order valence-electron chi connectivity index (χ2n) is 4.79. The van der Waals surface area contributed by atoms with E-state index in [1.54, 1.807) is 33.3 Å². The molecule has 0 spiro atoms. The van der Waals surface area contributed by atoms with Crippen LogP contribution in [0.3, 0.4) is 0 Å². The number of carbonyl (C=O) groups is 2. The van der Waals surface area contributed by atoms with Crippen molar-refractivity contribution in [3.63, 3.8) is 0 Å². The van der Waals surface area contributed by atoms with Crippen LogP contribution in [0.25, 0.3) is 0 Å². The van der Waals surface area contributed by atoms with E-state index >= 15 is 0 Å². The summed E-state index contributed by atoms with van der Waals surface area (Å²) in [5.41, 5.74) is 0.945. The van der Waals surface area contributed by atoms with Crippen molar-refractivity contribution in [2.45, 2.75) is 12.8 Å². The van der Waals surface area contributed by atoms with Gasteiger partial charge in [0.2, 0.25) is 11.8 Å². The second-order valence-corrected chi connectivity index (χ2v) is 5.60. The van der Waals surface area contributed by atoms with E-state index < -0.39 is 0 Å². The Hall–Kier alpha value is -1.26. The molecule has 0 aliphatic carbocycles. The second kappa shape index (κ2) is 7.50. The van der Waals surface area contributed by atoms with Gasteiger partial charge in [-0.1, -0.05) is 29.3 Å². The summed E-state index contributed by atoms with van der Waals surface area (Å²) in [5.74, 6) is -0.179. The van der Waals surface area contributed by atoms with Crippen molar-refractivity contribution in [3.05, 3.63) is 33.8 Å². The van der Waals surface area contributed by atoms with Crippen LogP contribution < -0.4 is 0 Å². The number of hydrogen-bond acceptors (Lipinski definition) is 2. The highest BCUT2D eigenvalue weighted by Gasteiger charge is 2.14. The fraction of sp³-hybridized carbons (Fsp3) is 0.429. The lowest BCUT2D eigenvalue weighted by Crippen LogP contribution is -2.37. The van der Waals surface area contributed by atoms with Crippen LogP contribution in [-0.2, 0) is 16.0 Å². The van der Waals surface area contributed by atoms with Crippen LogP contribution in [0.2, 0.25) is 10.0 Å². The summed E-state index contributed by atoms with van der Waals surface area (Å²) in [6.45, 7) is 0.0905. The predicted octanol–water partition coefficient (Wildman–Crippen LogP) is 2.47. The van der Waals surface area contributed by atoms with Crippen LogP contribution in [0.15, 0.2) is 18.2 Å². The Morgan fingerprint density at radius 2 is 1.70 bits per heavy atom. The molecular formula is C14H18Cl2N2O2. The number of likely N-dealkylation sites (N-methyl/N-ethyl adjacent to an activating group) is 2. The molecule has 0 N–H and O–H groups in total. The lowest BCUT2D eigenvalue weighted by atomic mass is 10.1. The van der Waals surface area contributed by atoms with Gasteiger partial charge in [0, 0.05) is 27.6 Å². The van der Waals surface area contributed by atoms with Gasteiger partial charge in [-0.05, 0) is 24.1 Å². The maximum absolute atomic E-state index is 11.9. The highest BCUT2D eigenvalue weighted by atomic mass is 35.5. The molecule has 0 bridgehead atoms. The highest BCUT2D eigenvalue weighted by molar-refractivity contribution is 6.42. The molecule has 0 fully saturated rings. The minimum Gasteiger partial charge on any atom is -0.347 e. The number of nitrogens with zero attached hydrogens (tertiary/aromatic N) is 2. The number of carbonyl (C=O) groups excluding carboxylic acids is 2. The van der Waals surface area contributed by atoms with Crippen molar-refractivity contribution in [3.8, 4) is 0 Å². The fourth-order valence-corrected chi connectivity index (χ4v) is 1.89. The molecule has 0 aliphatic heterocycles. The van der Waals surface area contributed by atoms with E-state index in [9.17, 15) is 9.59 Å². The number of aryl methyl sites for hydroxylation is 1. The fourth-order valence-electron chi connectivity index (χ4n) is 1.57. The van der Waals surface area contributed by atoms with Crippen LogP contribution >= 0.6 is 23.2 Å². The monoisotopic (exact) mass is 316 g/mol. The van der Waals surface area contributed by atoms with E-state index in [4.69, 9.17) is 23.2 Å². The number of hydrogen-bond donors (Lipinski definition) is 0. The molecule has 1 aromatic carbocycles. The van der Waals surface area contributed by atoms with Gasteiger partial charge in [-0.15, -0.1) is 0 Å². The standard InChI is InChI=1S/C14H18Cl2N2O2/c1-17(2)14(20)9-18(3)13(19)7-5-10-4-6-11(15)12(16)8-10/h4,6,8H,5,7,9H2,1-3H3. The van der Waals surface area contributed by atoms with Gasteiger partial charge in [0.25, 0.3) is 0 Å². The van der Waals surface area contributed by atoms with Crippen LogP contribution in [0.5, 0.6) is 0 Å². The summed E-state index contributed by atoms with van der Waals surface area (Å²) in [6.07, 6.45) is 0.894. The Labute approximate surface area is 129 Å². The lowest BCUT2D eigenvalue weighted by Gasteiger charge is -2.19. The molecule has 0 saturated carbocycles. The number of rotatable bonds is 5. The molecule has 1 rings (SSSR count). The summed E-state index contributed by atoms with van der Waals surface area (Å²) in [4.78, 5) is 26.3. The molecule has 110 valence electrons. The van der Waals surface area contributed by atoms with Crippen LogP contribution in [0.1, 0.15) is 12.0 Å². The summed E-state index contributed by atoms with van der Waals surface area (Å²) in [7, 11) is 4.95. The molecule has 0 atom stereocenters. The molecule has 4 nitrogen and oxygen atoms in total. The van der Waals surface area contributed by atoms with Crippen molar-refractivity contribution in [2.75, 3.05) is 27.7 Å². The van der Waals surface area contributed by atoms with Crippen molar-refractivity contribution < 1.29 is 9.59 Å². The number of halogens is 2. The third-order valence-electron chi connectivity index (χ3n) is 2.91. The molecule has 0 aliphatic rings. The smallest absolute Gasteiger partial charge is 0.241 e. The number of amides is 2. The van der Waals surface area contributed by atoms with E-state index in [-0.39, 0.29) is 18.4 Å². The molecule has 0 aromatic heterocycles. The zero-order valence-corrected chi connectivity index (χ0v) is 13.3. The molecule has 20 heavy (non-hydrogen) atoms. The van der Waals surface area contributed by atoms with E-state index in [1.165, 1.54) is 9.80 Å². The summed E-state index contributed by atoms with van der Waals surface area (Å²) < 4.78 is 0. The molecule has 0 radical (unpaired) electrons. The molecule has 1 aromatic rings. The van der Waals surface area contributed by atoms with Crippen molar-refractivity contribution in [1.29, 1.82) is 0 Å².